The summed E-state index contributed by atoms with van der Waals surface area (Å²) in [7, 11) is 1.36. The van der Waals surface area contributed by atoms with Crippen molar-refractivity contribution >= 4 is 23.5 Å². The Hall–Kier alpha value is -3.10. The van der Waals surface area contributed by atoms with Gasteiger partial charge in [-0.1, -0.05) is 0 Å². The second-order valence-electron chi connectivity index (χ2n) is 9.71. The Morgan fingerprint density at radius 3 is 2.44 bits per heavy atom. The molecule has 0 unspecified atom stereocenters. The minimum atomic E-state index is -0.826. The fourth-order valence-corrected chi connectivity index (χ4v) is 4.45. The first-order chi connectivity index (χ1) is 16.0. The number of carbonyl (C=O) groups is 3. The third-order valence-corrected chi connectivity index (χ3v) is 6.17. The van der Waals surface area contributed by atoms with Crippen LogP contribution >= 0.6 is 0 Å². The number of nitrogens with zero attached hydrogens (tertiary/aromatic N) is 3. The molecule has 1 aliphatic rings. The summed E-state index contributed by atoms with van der Waals surface area (Å²) in [6, 6.07) is 3.64. The lowest BCUT2D eigenvalue weighted by molar-refractivity contribution is -0.156. The summed E-state index contributed by atoms with van der Waals surface area (Å²) in [6.45, 7) is 10.4. The van der Waals surface area contributed by atoms with Gasteiger partial charge >= 0.3 is 12.1 Å². The molecule has 0 saturated carbocycles. The van der Waals surface area contributed by atoms with Gasteiger partial charge in [-0.3, -0.25) is 14.0 Å². The minimum absolute atomic E-state index is 0.100. The largest absolute Gasteiger partial charge is 0.490 e. The second-order valence-corrected chi connectivity index (χ2v) is 9.71. The maximum absolute atomic E-state index is 13.3. The van der Waals surface area contributed by atoms with Crippen molar-refractivity contribution in [1.29, 1.82) is 0 Å². The van der Waals surface area contributed by atoms with E-state index < -0.39 is 17.1 Å². The van der Waals surface area contributed by atoms with Crippen molar-refractivity contribution in [3.05, 3.63) is 29.7 Å². The van der Waals surface area contributed by atoms with Crippen molar-refractivity contribution in [2.24, 2.45) is 5.41 Å². The molecule has 1 amide bonds. The number of Topliss-reactive ketones (excluding diaryl/α,β-unsaturated/α-hetero) is 1. The van der Waals surface area contributed by atoms with Gasteiger partial charge in [0.2, 0.25) is 0 Å². The van der Waals surface area contributed by atoms with Crippen LogP contribution in [0.25, 0.3) is 5.65 Å². The van der Waals surface area contributed by atoms with Gasteiger partial charge in [0.15, 0.2) is 17.2 Å². The van der Waals surface area contributed by atoms with Crippen LogP contribution in [0.15, 0.2) is 18.3 Å². The molecular formula is C25H35N3O6. The van der Waals surface area contributed by atoms with Crippen LogP contribution in [0.2, 0.25) is 0 Å². The summed E-state index contributed by atoms with van der Waals surface area (Å²) in [5.74, 6) is 0.168. The van der Waals surface area contributed by atoms with E-state index >= 15 is 0 Å². The molecule has 186 valence electrons. The summed E-state index contributed by atoms with van der Waals surface area (Å²) in [4.78, 5) is 44.7. The van der Waals surface area contributed by atoms with Crippen LogP contribution in [-0.4, -0.2) is 64.5 Å². The van der Waals surface area contributed by atoms with E-state index in [2.05, 4.69) is 4.98 Å². The van der Waals surface area contributed by atoms with Gasteiger partial charge in [0.1, 0.15) is 11.3 Å². The first kappa shape index (κ1) is 25.5. The number of aromatic nitrogens is 2. The Morgan fingerprint density at radius 1 is 1.18 bits per heavy atom. The standard InChI is InChI=1S/C25H35N3O6/c1-7-33-19-9-8-14-28-20(17(2)26-21(19)28)18(29)10-11-25(22(30)32-6)12-15-27(16-13-25)23(31)34-24(3,4)5/h8-9,14H,7,10-13,15-16H2,1-6H3. The lowest BCUT2D eigenvalue weighted by Crippen LogP contribution is -2.48. The molecule has 0 N–H and O–H groups in total. The monoisotopic (exact) mass is 473 g/mol. The lowest BCUT2D eigenvalue weighted by atomic mass is 9.74. The zero-order valence-electron chi connectivity index (χ0n) is 21.0. The van der Waals surface area contributed by atoms with Crippen molar-refractivity contribution in [2.75, 3.05) is 26.8 Å². The molecule has 9 heteroatoms. The number of carbonyl (C=O) groups excluding carboxylic acids is 3. The maximum atomic E-state index is 13.3. The highest BCUT2D eigenvalue weighted by Crippen LogP contribution is 2.38. The van der Waals surface area contributed by atoms with E-state index in [1.54, 1.807) is 22.4 Å². The predicted molar refractivity (Wildman–Crippen MR) is 126 cm³/mol. The SMILES string of the molecule is CCOc1cccn2c(C(=O)CCC3(C(=O)OC)CCN(C(=O)OC(C)(C)C)CC3)c(C)nc12. The Labute approximate surface area is 200 Å². The summed E-state index contributed by atoms with van der Waals surface area (Å²) in [5.41, 5.74) is 0.285. The molecule has 0 atom stereocenters. The fraction of sp³-hybridized carbons (Fsp3) is 0.600. The number of hydrogen-bond acceptors (Lipinski definition) is 7. The van der Waals surface area contributed by atoms with Gasteiger partial charge in [0.25, 0.3) is 0 Å². The Morgan fingerprint density at radius 2 is 1.85 bits per heavy atom. The van der Waals surface area contributed by atoms with Crippen LogP contribution in [0.4, 0.5) is 4.79 Å². The molecule has 9 nitrogen and oxygen atoms in total. The molecule has 3 rings (SSSR count). The van der Waals surface area contributed by atoms with E-state index in [9.17, 15) is 14.4 Å². The molecule has 0 bridgehead atoms. The fourth-order valence-electron chi connectivity index (χ4n) is 4.45. The Kier molecular flexibility index (Phi) is 7.53. The Balaban J connectivity index is 1.75. The normalized spacial score (nSPS) is 15.8. The zero-order valence-corrected chi connectivity index (χ0v) is 21.0. The van der Waals surface area contributed by atoms with Gasteiger partial charge in [-0.15, -0.1) is 0 Å². The number of ketones is 1. The number of amides is 1. The number of hydrogen-bond donors (Lipinski definition) is 0. The molecule has 0 radical (unpaired) electrons. The average molecular weight is 474 g/mol. The average Bonchev–Trinajstić information content (AvgIpc) is 3.13. The topological polar surface area (TPSA) is 99.4 Å². The molecule has 0 aliphatic carbocycles. The van der Waals surface area contributed by atoms with Crippen LogP contribution in [0.1, 0.15) is 69.6 Å². The van der Waals surface area contributed by atoms with E-state index in [1.807, 2.05) is 39.8 Å². The zero-order chi connectivity index (χ0) is 25.1. The van der Waals surface area contributed by atoms with Gasteiger partial charge in [-0.25, -0.2) is 9.78 Å². The van der Waals surface area contributed by atoms with E-state index in [-0.39, 0.29) is 18.2 Å². The number of methoxy groups -OCH3 is 1. The van der Waals surface area contributed by atoms with Crippen LogP contribution < -0.4 is 4.74 Å². The quantitative estimate of drug-likeness (QED) is 0.439. The summed E-state index contributed by atoms with van der Waals surface area (Å²) >= 11 is 0. The van der Waals surface area contributed by atoms with Crippen molar-refractivity contribution in [1.82, 2.24) is 14.3 Å². The van der Waals surface area contributed by atoms with Crippen molar-refractivity contribution in [2.45, 2.75) is 65.9 Å². The van der Waals surface area contributed by atoms with Crippen molar-refractivity contribution in [3.63, 3.8) is 0 Å². The van der Waals surface area contributed by atoms with Gasteiger partial charge in [0.05, 0.1) is 24.8 Å². The van der Waals surface area contributed by atoms with Crippen LogP contribution in [0.3, 0.4) is 0 Å². The number of likely N-dealkylation sites (tertiary alicyclic amines) is 1. The Bertz CT molecular complexity index is 1060. The van der Waals surface area contributed by atoms with E-state index in [4.69, 9.17) is 14.2 Å². The number of imidazole rings is 1. The van der Waals surface area contributed by atoms with Crippen LogP contribution in [0, 0.1) is 12.3 Å². The van der Waals surface area contributed by atoms with Gasteiger partial charge in [0, 0.05) is 25.7 Å². The molecule has 1 saturated heterocycles. The van der Waals surface area contributed by atoms with E-state index in [1.165, 1.54) is 7.11 Å². The molecule has 2 aromatic heterocycles. The van der Waals surface area contributed by atoms with E-state index in [0.717, 1.165) is 0 Å². The number of fused-ring (bicyclic) bond motifs is 1. The molecule has 2 aromatic rings. The third-order valence-electron chi connectivity index (χ3n) is 6.17. The minimum Gasteiger partial charge on any atom is -0.490 e. The van der Waals surface area contributed by atoms with Crippen LogP contribution in [0.5, 0.6) is 5.75 Å². The van der Waals surface area contributed by atoms with Gasteiger partial charge < -0.3 is 19.1 Å². The molecule has 34 heavy (non-hydrogen) atoms. The highest BCUT2D eigenvalue weighted by atomic mass is 16.6. The summed E-state index contributed by atoms with van der Waals surface area (Å²) in [5, 5.41) is 0. The van der Waals surface area contributed by atoms with Gasteiger partial charge in [-0.2, -0.15) is 0 Å². The number of esters is 1. The molecular weight excluding hydrogens is 438 g/mol. The first-order valence-electron chi connectivity index (χ1n) is 11.7. The molecule has 1 fully saturated rings. The lowest BCUT2D eigenvalue weighted by Gasteiger charge is -2.40. The van der Waals surface area contributed by atoms with Crippen molar-refractivity contribution < 1.29 is 28.6 Å². The number of ether oxygens (including phenoxy) is 3. The van der Waals surface area contributed by atoms with E-state index in [0.29, 0.717) is 61.7 Å². The molecule has 0 aromatic carbocycles. The van der Waals surface area contributed by atoms with Crippen LogP contribution in [-0.2, 0) is 14.3 Å². The second kappa shape index (κ2) is 10.0. The first-order valence-corrected chi connectivity index (χ1v) is 11.7. The molecule has 0 spiro atoms. The molecule has 1 aliphatic heterocycles. The smallest absolute Gasteiger partial charge is 0.410 e. The number of rotatable bonds is 7. The van der Waals surface area contributed by atoms with Gasteiger partial charge in [-0.05, 0) is 66.0 Å². The number of aryl methyl sites for hydroxylation is 1. The summed E-state index contributed by atoms with van der Waals surface area (Å²) in [6.07, 6.45) is 2.71. The highest BCUT2D eigenvalue weighted by molar-refractivity contribution is 5.97. The van der Waals surface area contributed by atoms with Crippen molar-refractivity contribution in [3.8, 4) is 5.75 Å². The third kappa shape index (κ3) is 5.34. The number of piperidine rings is 1. The number of pyridine rings is 1. The maximum Gasteiger partial charge on any atom is 0.410 e. The molecule has 3 heterocycles. The predicted octanol–water partition coefficient (Wildman–Crippen LogP) is 4.19. The summed E-state index contributed by atoms with van der Waals surface area (Å²) < 4.78 is 18.0. The highest BCUT2D eigenvalue weighted by Gasteiger charge is 2.44.